The van der Waals surface area contributed by atoms with Crippen LogP contribution in [0.1, 0.15) is 5.56 Å². The topological polar surface area (TPSA) is 15.6 Å². The van der Waals surface area contributed by atoms with Gasteiger partial charge in [0.1, 0.15) is 3.72 Å². The Bertz CT molecular complexity index is 652. The number of nitrogens with zero attached hydrogens (tertiary/aromatic N) is 2. The number of fused-ring (bicyclic) bond motifs is 2. The van der Waals surface area contributed by atoms with Crippen LogP contribution in [0.15, 0.2) is 47.5 Å². The SMILES string of the molecule is CN1c2ccc(Cl)cc2N=C(I)c2ccccc21. The Morgan fingerprint density at radius 1 is 1.11 bits per heavy atom. The van der Waals surface area contributed by atoms with E-state index in [-0.39, 0.29) is 0 Å². The van der Waals surface area contributed by atoms with Crippen molar-refractivity contribution in [2.75, 3.05) is 11.9 Å². The molecule has 2 nitrogen and oxygen atoms in total. The minimum Gasteiger partial charge on any atom is -0.342 e. The summed E-state index contributed by atoms with van der Waals surface area (Å²) < 4.78 is 0.982. The molecule has 0 unspecified atom stereocenters. The first kappa shape index (κ1) is 12.0. The molecule has 0 radical (unpaired) electrons. The molecule has 2 aromatic rings. The molecule has 0 amide bonds. The van der Waals surface area contributed by atoms with Crippen molar-refractivity contribution in [3.05, 3.63) is 53.1 Å². The molecule has 3 rings (SSSR count). The lowest BCUT2D eigenvalue weighted by Crippen LogP contribution is -2.10. The van der Waals surface area contributed by atoms with E-state index in [0.29, 0.717) is 5.02 Å². The molecule has 1 heterocycles. The van der Waals surface area contributed by atoms with E-state index in [0.717, 1.165) is 26.3 Å². The van der Waals surface area contributed by atoms with Gasteiger partial charge < -0.3 is 4.90 Å². The lowest BCUT2D eigenvalue weighted by Gasteiger charge is -2.21. The zero-order chi connectivity index (χ0) is 12.7. The number of halogens is 2. The van der Waals surface area contributed by atoms with Crippen LogP contribution in [0.5, 0.6) is 0 Å². The van der Waals surface area contributed by atoms with Crippen LogP contribution in [-0.2, 0) is 0 Å². The Hall–Kier alpha value is -1.07. The number of hydrogen-bond acceptors (Lipinski definition) is 2. The van der Waals surface area contributed by atoms with Gasteiger partial charge in [-0.3, -0.25) is 0 Å². The molecule has 0 N–H and O–H groups in total. The Balaban J connectivity index is 2.31. The normalized spacial score (nSPS) is 13.5. The lowest BCUT2D eigenvalue weighted by molar-refractivity contribution is 1.21. The second-order valence-corrected chi connectivity index (χ2v) is 5.57. The third kappa shape index (κ3) is 1.91. The second-order valence-electron chi connectivity index (χ2n) is 4.11. The Morgan fingerprint density at radius 2 is 1.89 bits per heavy atom. The van der Waals surface area contributed by atoms with Gasteiger partial charge in [-0.05, 0) is 46.9 Å². The maximum atomic E-state index is 6.05. The van der Waals surface area contributed by atoms with Crippen molar-refractivity contribution in [2.45, 2.75) is 0 Å². The van der Waals surface area contributed by atoms with Crippen molar-refractivity contribution >= 4 is 55.0 Å². The fourth-order valence-corrected chi connectivity index (χ4v) is 2.99. The van der Waals surface area contributed by atoms with Crippen molar-refractivity contribution in [1.82, 2.24) is 0 Å². The molecule has 0 atom stereocenters. The first-order valence-corrected chi connectivity index (χ1v) is 6.99. The summed E-state index contributed by atoms with van der Waals surface area (Å²) in [7, 11) is 2.05. The van der Waals surface area contributed by atoms with E-state index in [9.17, 15) is 0 Å². The van der Waals surface area contributed by atoms with E-state index >= 15 is 0 Å². The summed E-state index contributed by atoms with van der Waals surface area (Å²) in [5.41, 5.74) is 4.28. The average Bonchev–Trinajstić information content (AvgIpc) is 2.47. The predicted molar refractivity (Wildman–Crippen MR) is 86.2 cm³/mol. The average molecular weight is 369 g/mol. The van der Waals surface area contributed by atoms with Crippen LogP contribution in [0.2, 0.25) is 5.02 Å². The molecular weight excluding hydrogens is 359 g/mol. The summed E-state index contributed by atoms with van der Waals surface area (Å²) in [6, 6.07) is 14.1. The number of hydrogen-bond donors (Lipinski definition) is 0. The van der Waals surface area contributed by atoms with Crippen molar-refractivity contribution in [1.29, 1.82) is 0 Å². The third-order valence-corrected chi connectivity index (χ3v) is 4.06. The van der Waals surface area contributed by atoms with Gasteiger partial charge in [-0.15, -0.1) is 0 Å². The summed E-state index contributed by atoms with van der Waals surface area (Å²) in [6.07, 6.45) is 0. The zero-order valence-electron chi connectivity index (χ0n) is 9.69. The summed E-state index contributed by atoms with van der Waals surface area (Å²) in [6.45, 7) is 0. The standard InChI is InChI=1S/C14H10ClIN2/c1-18-12-5-3-2-4-10(12)14(16)17-11-8-9(15)6-7-13(11)18/h2-8H,1H3. The molecule has 0 aliphatic carbocycles. The molecule has 0 saturated heterocycles. The first-order chi connectivity index (χ1) is 8.66. The Morgan fingerprint density at radius 3 is 2.72 bits per heavy atom. The van der Waals surface area contributed by atoms with Gasteiger partial charge in [0.2, 0.25) is 0 Å². The van der Waals surface area contributed by atoms with Crippen LogP contribution in [0.3, 0.4) is 0 Å². The van der Waals surface area contributed by atoms with Gasteiger partial charge in [-0.1, -0.05) is 29.8 Å². The van der Waals surface area contributed by atoms with Crippen LogP contribution in [0, 0.1) is 0 Å². The molecule has 2 aromatic carbocycles. The van der Waals surface area contributed by atoms with Gasteiger partial charge in [0.05, 0.1) is 17.1 Å². The minimum absolute atomic E-state index is 0.709. The zero-order valence-corrected chi connectivity index (χ0v) is 12.6. The Labute approximate surface area is 124 Å². The van der Waals surface area contributed by atoms with E-state index in [2.05, 4.69) is 51.7 Å². The fourth-order valence-electron chi connectivity index (χ4n) is 2.11. The summed E-state index contributed by atoms with van der Waals surface area (Å²) in [5, 5.41) is 0.709. The van der Waals surface area contributed by atoms with Gasteiger partial charge in [-0.2, -0.15) is 0 Å². The van der Waals surface area contributed by atoms with Crippen molar-refractivity contribution in [2.24, 2.45) is 4.99 Å². The predicted octanol–water partition coefficient (Wildman–Crippen LogP) is 4.93. The smallest absolute Gasteiger partial charge is 0.111 e. The van der Waals surface area contributed by atoms with Crippen LogP contribution in [0.25, 0.3) is 0 Å². The Kier molecular flexibility index (Phi) is 3.03. The molecule has 0 spiro atoms. The van der Waals surface area contributed by atoms with Gasteiger partial charge >= 0.3 is 0 Å². The van der Waals surface area contributed by atoms with E-state index in [4.69, 9.17) is 11.6 Å². The molecule has 0 aromatic heterocycles. The van der Waals surface area contributed by atoms with Crippen LogP contribution in [0.4, 0.5) is 17.1 Å². The van der Waals surface area contributed by atoms with Gasteiger partial charge in [0.25, 0.3) is 0 Å². The second kappa shape index (κ2) is 4.55. The molecule has 4 heteroatoms. The number of para-hydroxylation sites is 1. The largest absolute Gasteiger partial charge is 0.342 e. The molecule has 0 bridgehead atoms. The van der Waals surface area contributed by atoms with Gasteiger partial charge in [0.15, 0.2) is 0 Å². The van der Waals surface area contributed by atoms with Crippen molar-refractivity contribution in [3.8, 4) is 0 Å². The lowest BCUT2D eigenvalue weighted by atomic mass is 10.1. The van der Waals surface area contributed by atoms with Crippen LogP contribution >= 0.6 is 34.2 Å². The molecular formula is C14H10ClIN2. The number of benzene rings is 2. The van der Waals surface area contributed by atoms with Crippen LogP contribution < -0.4 is 4.90 Å². The van der Waals surface area contributed by atoms with Crippen LogP contribution in [-0.4, -0.2) is 10.8 Å². The van der Waals surface area contributed by atoms with Gasteiger partial charge in [-0.25, -0.2) is 4.99 Å². The van der Waals surface area contributed by atoms with E-state index < -0.39 is 0 Å². The molecule has 0 saturated carbocycles. The molecule has 0 fully saturated rings. The van der Waals surface area contributed by atoms with E-state index in [1.807, 2.05) is 30.3 Å². The number of anilines is 2. The first-order valence-electron chi connectivity index (χ1n) is 5.53. The maximum Gasteiger partial charge on any atom is 0.111 e. The van der Waals surface area contributed by atoms with Crippen molar-refractivity contribution in [3.63, 3.8) is 0 Å². The highest BCUT2D eigenvalue weighted by Crippen LogP contribution is 2.40. The minimum atomic E-state index is 0.709. The quantitative estimate of drug-likeness (QED) is 0.602. The number of rotatable bonds is 0. The third-order valence-electron chi connectivity index (χ3n) is 3.01. The van der Waals surface area contributed by atoms with Gasteiger partial charge in [0, 0.05) is 17.6 Å². The summed E-state index contributed by atoms with van der Waals surface area (Å²) >= 11 is 8.32. The monoisotopic (exact) mass is 368 g/mol. The number of aliphatic imine (C=N–C) groups is 1. The summed E-state index contributed by atoms with van der Waals surface area (Å²) in [4.78, 5) is 6.82. The van der Waals surface area contributed by atoms with E-state index in [1.54, 1.807) is 0 Å². The maximum absolute atomic E-state index is 6.05. The molecule has 1 aliphatic rings. The highest BCUT2D eigenvalue weighted by Gasteiger charge is 2.18. The molecule has 1 aliphatic heterocycles. The van der Waals surface area contributed by atoms with Crippen molar-refractivity contribution < 1.29 is 0 Å². The molecule has 90 valence electrons. The molecule has 18 heavy (non-hydrogen) atoms. The van der Waals surface area contributed by atoms with E-state index in [1.165, 1.54) is 0 Å². The highest BCUT2D eigenvalue weighted by molar-refractivity contribution is 14.1. The summed E-state index contributed by atoms with van der Waals surface area (Å²) in [5.74, 6) is 0. The highest BCUT2D eigenvalue weighted by atomic mass is 127. The fraction of sp³-hybridized carbons (Fsp3) is 0.0714.